The Morgan fingerprint density at radius 3 is 2.07 bits per heavy atom. The minimum absolute atomic E-state index is 0.110. The van der Waals surface area contributed by atoms with Crippen LogP contribution < -0.4 is 20.1 Å². The van der Waals surface area contributed by atoms with Crippen molar-refractivity contribution in [1.82, 2.24) is 0 Å². The fourth-order valence-corrected chi connectivity index (χ4v) is 2.45. The van der Waals surface area contributed by atoms with Gasteiger partial charge in [-0.15, -0.1) is 0 Å². The topological polar surface area (TPSA) is 112 Å². The van der Waals surface area contributed by atoms with E-state index in [1.807, 2.05) is 0 Å². The summed E-state index contributed by atoms with van der Waals surface area (Å²) in [5.74, 6) is -0.454. The molecule has 9 nitrogen and oxygen atoms in total. The predicted molar refractivity (Wildman–Crippen MR) is 106 cm³/mol. The number of ether oxygens (including phenoxy) is 4. The molecule has 154 valence electrons. The van der Waals surface area contributed by atoms with Gasteiger partial charge in [0, 0.05) is 23.4 Å². The molecule has 2 aromatic rings. The van der Waals surface area contributed by atoms with E-state index in [2.05, 4.69) is 10.6 Å². The second-order valence-electron chi connectivity index (χ2n) is 5.62. The molecule has 0 heterocycles. The Balaban J connectivity index is 2.25. The summed E-state index contributed by atoms with van der Waals surface area (Å²) in [6.07, 6.45) is -0.585. The van der Waals surface area contributed by atoms with Gasteiger partial charge in [0.1, 0.15) is 0 Å². The molecule has 0 spiro atoms. The third-order valence-corrected chi connectivity index (χ3v) is 3.85. The zero-order valence-electron chi connectivity index (χ0n) is 16.5. The molecular formula is C20H22N2O7. The Labute approximate surface area is 167 Å². The smallest absolute Gasteiger partial charge is 0.411 e. The van der Waals surface area contributed by atoms with Gasteiger partial charge in [0.05, 0.1) is 39.2 Å². The van der Waals surface area contributed by atoms with E-state index in [4.69, 9.17) is 18.9 Å². The molecule has 2 rings (SSSR count). The van der Waals surface area contributed by atoms with Gasteiger partial charge in [-0.3, -0.25) is 10.1 Å². The molecule has 0 saturated carbocycles. The number of anilines is 2. The van der Waals surface area contributed by atoms with Crippen molar-refractivity contribution >= 4 is 29.3 Å². The Morgan fingerprint density at radius 1 is 0.897 bits per heavy atom. The van der Waals surface area contributed by atoms with Crippen LogP contribution in [0.1, 0.15) is 27.6 Å². The van der Waals surface area contributed by atoms with E-state index in [1.54, 1.807) is 19.1 Å². The fraction of sp³-hybridized carbons (Fsp3) is 0.250. The van der Waals surface area contributed by atoms with Crippen molar-refractivity contribution in [3.05, 3.63) is 47.5 Å². The average Bonchev–Trinajstić information content (AvgIpc) is 2.73. The van der Waals surface area contributed by atoms with Crippen molar-refractivity contribution in [1.29, 1.82) is 0 Å². The van der Waals surface area contributed by atoms with E-state index >= 15 is 0 Å². The fourth-order valence-electron chi connectivity index (χ4n) is 2.45. The third kappa shape index (κ3) is 5.38. The monoisotopic (exact) mass is 402 g/mol. The molecule has 0 bridgehead atoms. The van der Waals surface area contributed by atoms with Crippen LogP contribution in [0.25, 0.3) is 0 Å². The molecule has 2 N–H and O–H groups in total. The van der Waals surface area contributed by atoms with E-state index < -0.39 is 18.0 Å². The van der Waals surface area contributed by atoms with Gasteiger partial charge in [-0.25, -0.2) is 9.59 Å². The van der Waals surface area contributed by atoms with Crippen LogP contribution in [0.2, 0.25) is 0 Å². The van der Waals surface area contributed by atoms with Crippen LogP contribution >= 0.6 is 0 Å². The van der Waals surface area contributed by atoms with Crippen molar-refractivity contribution in [2.45, 2.75) is 6.92 Å². The average molecular weight is 402 g/mol. The summed E-state index contributed by atoms with van der Waals surface area (Å²) in [7, 11) is 4.11. The largest absolute Gasteiger partial charge is 0.493 e. The number of nitrogens with one attached hydrogen (secondary N) is 2. The zero-order chi connectivity index (χ0) is 21.4. The summed E-state index contributed by atoms with van der Waals surface area (Å²) < 4.78 is 20.0. The molecular weight excluding hydrogens is 380 g/mol. The maximum absolute atomic E-state index is 12.6. The van der Waals surface area contributed by atoms with Gasteiger partial charge in [0.25, 0.3) is 5.91 Å². The molecule has 29 heavy (non-hydrogen) atoms. The Bertz CT molecular complexity index is 894. The molecule has 0 unspecified atom stereocenters. The Hall–Kier alpha value is -3.75. The second-order valence-corrected chi connectivity index (χ2v) is 5.62. The van der Waals surface area contributed by atoms with Crippen LogP contribution in [-0.2, 0) is 9.47 Å². The molecule has 0 aliphatic carbocycles. The lowest BCUT2D eigenvalue weighted by Gasteiger charge is -2.15. The first kappa shape index (κ1) is 21.5. The van der Waals surface area contributed by atoms with E-state index in [1.165, 1.54) is 45.6 Å². The lowest BCUT2D eigenvalue weighted by molar-refractivity contribution is 0.0601. The summed E-state index contributed by atoms with van der Waals surface area (Å²) in [6, 6.07) is 9.06. The SMILES string of the molecule is CCOC(=O)Nc1ccc(C(=O)Nc2cc(OC)c(OC)cc2C(=O)OC)cc1. The minimum atomic E-state index is -0.643. The molecule has 0 radical (unpaired) electrons. The highest BCUT2D eigenvalue weighted by Crippen LogP contribution is 2.34. The van der Waals surface area contributed by atoms with Crippen LogP contribution in [0.5, 0.6) is 11.5 Å². The lowest BCUT2D eigenvalue weighted by Crippen LogP contribution is -2.16. The standard InChI is InChI=1S/C20H22N2O7/c1-5-29-20(25)21-13-8-6-12(7-9-13)18(23)22-15-11-17(27-3)16(26-2)10-14(15)19(24)28-4/h6-11H,5H2,1-4H3,(H,21,25)(H,22,23). The summed E-state index contributed by atoms with van der Waals surface area (Å²) in [5, 5.41) is 5.19. The highest BCUT2D eigenvalue weighted by molar-refractivity contribution is 6.08. The summed E-state index contributed by atoms with van der Waals surface area (Å²) in [6.45, 7) is 1.95. The molecule has 2 amide bonds. The van der Waals surface area contributed by atoms with Gasteiger partial charge in [0.2, 0.25) is 0 Å². The summed E-state index contributed by atoms with van der Waals surface area (Å²) in [5.41, 5.74) is 1.10. The second kappa shape index (κ2) is 9.98. The zero-order valence-corrected chi connectivity index (χ0v) is 16.5. The Morgan fingerprint density at radius 2 is 1.52 bits per heavy atom. The number of amides is 2. The number of benzene rings is 2. The Kier molecular flexibility index (Phi) is 7.41. The molecule has 0 saturated heterocycles. The van der Waals surface area contributed by atoms with Gasteiger partial charge in [-0.05, 0) is 31.2 Å². The molecule has 2 aromatic carbocycles. The third-order valence-electron chi connectivity index (χ3n) is 3.85. The van der Waals surface area contributed by atoms with Crippen molar-refractivity contribution in [2.75, 3.05) is 38.6 Å². The van der Waals surface area contributed by atoms with Crippen molar-refractivity contribution < 1.29 is 33.3 Å². The first-order valence-electron chi connectivity index (χ1n) is 8.63. The number of rotatable bonds is 7. The number of carbonyl (C=O) groups is 3. The van der Waals surface area contributed by atoms with Crippen molar-refractivity contribution in [2.24, 2.45) is 0 Å². The number of carbonyl (C=O) groups excluding carboxylic acids is 3. The molecule has 0 aliphatic heterocycles. The van der Waals surface area contributed by atoms with Crippen LogP contribution in [0.3, 0.4) is 0 Å². The highest BCUT2D eigenvalue weighted by Gasteiger charge is 2.19. The van der Waals surface area contributed by atoms with Gasteiger partial charge >= 0.3 is 12.1 Å². The van der Waals surface area contributed by atoms with Crippen molar-refractivity contribution in [3.8, 4) is 11.5 Å². The van der Waals surface area contributed by atoms with E-state index in [-0.39, 0.29) is 17.9 Å². The number of methoxy groups -OCH3 is 3. The highest BCUT2D eigenvalue weighted by atomic mass is 16.5. The number of hydrogen-bond donors (Lipinski definition) is 2. The minimum Gasteiger partial charge on any atom is -0.493 e. The van der Waals surface area contributed by atoms with Gasteiger partial charge in [-0.2, -0.15) is 0 Å². The molecule has 0 fully saturated rings. The van der Waals surface area contributed by atoms with Gasteiger partial charge in [0.15, 0.2) is 11.5 Å². The van der Waals surface area contributed by atoms with Crippen LogP contribution in [-0.4, -0.2) is 45.9 Å². The number of esters is 1. The van der Waals surface area contributed by atoms with Crippen LogP contribution in [0.4, 0.5) is 16.2 Å². The lowest BCUT2D eigenvalue weighted by atomic mass is 10.1. The molecule has 0 aliphatic rings. The van der Waals surface area contributed by atoms with Crippen LogP contribution in [0.15, 0.2) is 36.4 Å². The summed E-state index contributed by atoms with van der Waals surface area (Å²) in [4.78, 5) is 36.2. The van der Waals surface area contributed by atoms with E-state index in [9.17, 15) is 14.4 Å². The predicted octanol–water partition coefficient (Wildman–Crippen LogP) is 3.31. The first-order valence-corrected chi connectivity index (χ1v) is 8.63. The van der Waals surface area contributed by atoms with Crippen LogP contribution in [0, 0.1) is 0 Å². The number of hydrogen-bond acceptors (Lipinski definition) is 7. The summed E-state index contributed by atoms with van der Waals surface area (Å²) >= 11 is 0. The van der Waals surface area contributed by atoms with Gasteiger partial charge in [-0.1, -0.05) is 0 Å². The first-order chi connectivity index (χ1) is 13.9. The molecule has 9 heteroatoms. The maximum Gasteiger partial charge on any atom is 0.411 e. The molecule has 0 aromatic heterocycles. The van der Waals surface area contributed by atoms with E-state index in [0.717, 1.165) is 0 Å². The van der Waals surface area contributed by atoms with E-state index in [0.29, 0.717) is 22.7 Å². The van der Waals surface area contributed by atoms with Crippen molar-refractivity contribution in [3.63, 3.8) is 0 Å². The maximum atomic E-state index is 12.6. The normalized spacial score (nSPS) is 9.93. The molecule has 0 atom stereocenters. The van der Waals surface area contributed by atoms with Gasteiger partial charge < -0.3 is 24.3 Å². The quantitative estimate of drug-likeness (QED) is 0.683.